The maximum atomic E-state index is 12.2. The number of alkyl carbamates (subject to hydrolysis) is 1. The third kappa shape index (κ3) is 6.85. The molecule has 31 heavy (non-hydrogen) atoms. The second-order valence-corrected chi connectivity index (χ2v) is 9.18. The Kier molecular flexibility index (Phi) is 7.38. The quantitative estimate of drug-likeness (QED) is 0.551. The summed E-state index contributed by atoms with van der Waals surface area (Å²) < 4.78 is 11.6. The van der Waals surface area contributed by atoms with E-state index in [0.717, 1.165) is 21.2 Å². The number of benzene rings is 2. The van der Waals surface area contributed by atoms with E-state index in [9.17, 15) is 9.59 Å². The topological polar surface area (TPSA) is 76.7 Å². The predicted molar refractivity (Wildman–Crippen MR) is 125 cm³/mol. The van der Waals surface area contributed by atoms with Crippen LogP contribution in [-0.2, 0) is 22.5 Å². The number of ether oxygens (including phenoxy) is 2. The first-order chi connectivity index (χ1) is 14.7. The van der Waals surface area contributed by atoms with E-state index in [-0.39, 0.29) is 12.6 Å². The molecule has 1 aliphatic carbocycles. The van der Waals surface area contributed by atoms with Crippen LogP contribution >= 0.6 is 15.9 Å². The highest BCUT2D eigenvalue weighted by molar-refractivity contribution is 9.10. The van der Waals surface area contributed by atoms with Crippen LogP contribution in [0.5, 0.6) is 0 Å². The van der Waals surface area contributed by atoms with E-state index in [0.29, 0.717) is 18.5 Å². The highest BCUT2D eigenvalue weighted by atomic mass is 79.9. The summed E-state index contributed by atoms with van der Waals surface area (Å²) in [6.07, 6.45) is 4.27. The summed E-state index contributed by atoms with van der Waals surface area (Å²) in [4.78, 5) is 24.5. The van der Waals surface area contributed by atoms with Gasteiger partial charge in [0.25, 0.3) is 0 Å². The van der Waals surface area contributed by atoms with Crippen LogP contribution in [0.3, 0.4) is 0 Å². The Hall–Kier alpha value is -2.80. The van der Waals surface area contributed by atoms with Crippen molar-refractivity contribution in [3.8, 4) is 0 Å². The van der Waals surface area contributed by atoms with Crippen molar-refractivity contribution in [2.24, 2.45) is 0 Å². The molecule has 0 saturated carbocycles. The molecule has 2 aromatic rings. The zero-order valence-corrected chi connectivity index (χ0v) is 19.5. The van der Waals surface area contributed by atoms with Gasteiger partial charge < -0.3 is 14.8 Å². The number of hydrogen-bond acceptors (Lipinski definition) is 4. The summed E-state index contributed by atoms with van der Waals surface area (Å²) in [7, 11) is 0. The van der Waals surface area contributed by atoms with Crippen molar-refractivity contribution >= 4 is 39.9 Å². The number of amides is 2. The minimum Gasteiger partial charge on any atom is -0.445 e. The lowest BCUT2D eigenvalue weighted by Gasteiger charge is -2.21. The van der Waals surface area contributed by atoms with Crippen LogP contribution in [0.25, 0.3) is 6.08 Å². The monoisotopic (exact) mass is 486 g/mol. The molecule has 1 atom stereocenters. The summed E-state index contributed by atoms with van der Waals surface area (Å²) in [6, 6.07) is 13.1. The normalized spacial score (nSPS) is 15.4. The SMILES string of the molecule is CC(C)(C)OC(=O)Nc1ccc(Br)c2c1CCC(NC(=O)OCc1ccccc1)C=C2. The molecule has 0 aliphatic heterocycles. The average molecular weight is 487 g/mol. The van der Waals surface area contributed by atoms with Crippen molar-refractivity contribution in [3.63, 3.8) is 0 Å². The Morgan fingerprint density at radius 3 is 2.55 bits per heavy atom. The Morgan fingerprint density at radius 2 is 1.84 bits per heavy atom. The Labute approximate surface area is 191 Å². The Bertz CT molecular complexity index is 968. The first kappa shape index (κ1) is 22.9. The van der Waals surface area contributed by atoms with Crippen LogP contribution in [0.1, 0.15) is 43.9 Å². The molecule has 2 N–H and O–H groups in total. The summed E-state index contributed by atoms with van der Waals surface area (Å²) in [5, 5.41) is 5.75. The van der Waals surface area contributed by atoms with E-state index in [4.69, 9.17) is 9.47 Å². The van der Waals surface area contributed by atoms with Gasteiger partial charge in [-0.15, -0.1) is 0 Å². The number of anilines is 1. The van der Waals surface area contributed by atoms with E-state index in [1.807, 2.05) is 75.4 Å². The van der Waals surface area contributed by atoms with Crippen LogP contribution in [-0.4, -0.2) is 23.8 Å². The molecule has 0 saturated heterocycles. The molecule has 2 aromatic carbocycles. The van der Waals surface area contributed by atoms with Gasteiger partial charge in [-0.05, 0) is 62.4 Å². The van der Waals surface area contributed by atoms with Gasteiger partial charge in [-0.1, -0.05) is 58.4 Å². The van der Waals surface area contributed by atoms with Crippen molar-refractivity contribution in [2.45, 2.75) is 51.9 Å². The molecule has 164 valence electrons. The molecule has 7 heteroatoms. The highest BCUT2D eigenvalue weighted by Crippen LogP contribution is 2.32. The van der Waals surface area contributed by atoms with Crippen molar-refractivity contribution in [1.82, 2.24) is 5.32 Å². The average Bonchev–Trinajstić information content (AvgIpc) is 2.91. The number of fused-ring (bicyclic) bond motifs is 1. The molecule has 1 aliphatic rings. The number of hydrogen-bond donors (Lipinski definition) is 2. The summed E-state index contributed by atoms with van der Waals surface area (Å²) in [5.74, 6) is 0. The maximum Gasteiger partial charge on any atom is 0.412 e. The van der Waals surface area contributed by atoms with Gasteiger partial charge in [-0.3, -0.25) is 5.32 Å². The van der Waals surface area contributed by atoms with E-state index in [2.05, 4.69) is 26.6 Å². The molecule has 0 bridgehead atoms. The van der Waals surface area contributed by atoms with Crippen molar-refractivity contribution in [3.05, 3.63) is 69.7 Å². The number of rotatable bonds is 4. The maximum absolute atomic E-state index is 12.2. The van der Waals surface area contributed by atoms with E-state index in [1.54, 1.807) is 0 Å². The minimum atomic E-state index is -0.578. The lowest BCUT2D eigenvalue weighted by molar-refractivity contribution is 0.0635. The van der Waals surface area contributed by atoms with Crippen molar-refractivity contribution in [1.29, 1.82) is 0 Å². The molecule has 6 nitrogen and oxygen atoms in total. The first-order valence-electron chi connectivity index (χ1n) is 10.2. The number of carbonyl (C=O) groups excluding carboxylic acids is 2. The van der Waals surface area contributed by atoms with Crippen LogP contribution in [0.2, 0.25) is 0 Å². The van der Waals surface area contributed by atoms with Gasteiger partial charge in [0.2, 0.25) is 0 Å². The van der Waals surface area contributed by atoms with Gasteiger partial charge in [0.15, 0.2) is 0 Å². The van der Waals surface area contributed by atoms with Crippen molar-refractivity contribution in [2.75, 3.05) is 5.32 Å². The fourth-order valence-corrected chi connectivity index (χ4v) is 3.76. The highest BCUT2D eigenvalue weighted by Gasteiger charge is 2.21. The van der Waals surface area contributed by atoms with Gasteiger partial charge in [0.1, 0.15) is 12.2 Å². The molecular weight excluding hydrogens is 460 g/mol. The lowest BCUT2D eigenvalue weighted by atomic mass is 10.0. The van der Waals surface area contributed by atoms with Crippen LogP contribution < -0.4 is 10.6 Å². The third-order valence-electron chi connectivity index (χ3n) is 4.66. The number of nitrogens with one attached hydrogen (secondary N) is 2. The largest absolute Gasteiger partial charge is 0.445 e. The summed E-state index contributed by atoms with van der Waals surface area (Å²) in [5.41, 5.74) is 3.01. The lowest BCUT2D eigenvalue weighted by Crippen LogP contribution is -2.33. The molecule has 2 amide bonds. The van der Waals surface area contributed by atoms with E-state index >= 15 is 0 Å². The van der Waals surface area contributed by atoms with Gasteiger partial charge in [-0.2, -0.15) is 0 Å². The molecule has 1 unspecified atom stereocenters. The third-order valence-corrected chi connectivity index (χ3v) is 5.35. The van der Waals surface area contributed by atoms with E-state index < -0.39 is 17.8 Å². The summed E-state index contributed by atoms with van der Waals surface area (Å²) >= 11 is 3.58. The van der Waals surface area contributed by atoms with Crippen molar-refractivity contribution < 1.29 is 19.1 Å². The van der Waals surface area contributed by atoms with E-state index in [1.165, 1.54) is 0 Å². The number of halogens is 1. The molecular formula is C24H27BrN2O4. The van der Waals surface area contributed by atoms with Gasteiger partial charge in [-0.25, -0.2) is 9.59 Å². The second-order valence-electron chi connectivity index (χ2n) is 8.32. The Morgan fingerprint density at radius 1 is 1.10 bits per heavy atom. The van der Waals surface area contributed by atoms with Crippen LogP contribution in [0.15, 0.2) is 53.0 Å². The van der Waals surface area contributed by atoms with Gasteiger partial charge in [0, 0.05) is 10.2 Å². The predicted octanol–water partition coefficient (Wildman–Crippen LogP) is 6.05. The first-order valence-corrected chi connectivity index (χ1v) is 11.0. The molecule has 3 rings (SSSR count). The minimum absolute atomic E-state index is 0.183. The fraction of sp³-hybridized carbons (Fsp3) is 0.333. The zero-order chi connectivity index (χ0) is 22.4. The zero-order valence-electron chi connectivity index (χ0n) is 17.9. The Balaban J connectivity index is 1.63. The molecule has 0 aromatic heterocycles. The van der Waals surface area contributed by atoms with Crippen LogP contribution in [0, 0.1) is 0 Å². The standard InChI is InChI=1S/C24H27BrN2O4/c1-24(2,3)31-23(29)27-21-14-13-20(25)18-11-9-17(10-12-19(18)21)26-22(28)30-15-16-7-5-4-6-8-16/h4-9,11,13-14,17H,10,12,15H2,1-3H3,(H,26,28)(H,27,29). The molecule has 0 radical (unpaired) electrons. The molecule has 0 fully saturated rings. The fourth-order valence-electron chi connectivity index (χ4n) is 3.26. The van der Waals surface area contributed by atoms with Gasteiger partial charge in [0.05, 0.1) is 6.04 Å². The van der Waals surface area contributed by atoms with Gasteiger partial charge >= 0.3 is 12.2 Å². The molecule has 0 spiro atoms. The summed E-state index contributed by atoms with van der Waals surface area (Å²) in [6.45, 7) is 5.69. The number of carbonyl (C=O) groups is 2. The molecule has 0 heterocycles. The van der Waals surface area contributed by atoms with Crippen LogP contribution in [0.4, 0.5) is 15.3 Å². The smallest absolute Gasteiger partial charge is 0.412 e. The second kappa shape index (κ2) is 10.0.